The first-order valence-electron chi connectivity index (χ1n) is 9.78. The summed E-state index contributed by atoms with van der Waals surface area (Å²) < 4.78 is 6.91. The van der Waals surface area contributed by atoms with Crippen LogP contribution in [-0.4, -0.2) is 33.6 Å². The molecule has 3 aromatic rings. The van der Waals surface area contributed by atoms with Gasteiger partial charge in [0.15, 0.2) is 10.9 Å². The molecule has 0 fully saturated rings. The molecule has 31 heavy (non-hydrogen) atoms. The fourth-order valence-corrected chi connectivity index (χ4v) is 4.15. The van der Waals surface area contributed by atoms with Gasteiger partial charge in [-0.1, -0.05) is 41.6 Å². The number of nitrogens with zero attached hydrogens (tertiary/aromatic N) is 3. The number of Topliss-reactive ketones (excluding diaryl/α,β-unsaturated/α-hetero) is 1. The highest BCUT2D eigenvalue weighted by Gasteiger charge is 2.16. The minimum atomic E-state index is -0.286. The molecule has 0 aliphatic heterocycles. The van der Waals surface area contributed by atoms with Crippen molar-refractivity contribution in [1.29, 1.82) is 0 Å². The highest BCUT2D eigenvalue weighted by atomic mass is 35.5. The number of thioether (sulfide) groups is 1. The molecule has 0 aliphatic rings. The number of ketones is 1. The monoisotopic (exact) mass is 458 g/mol. The Labute approximate surface area is 190 Å². The summed E-state index contributed by atoms with van der Waals surface area (Å²) in [5.41, 5.74) is 1.55. The van der Waals surface area contributed by atoms with Crippen LogP contribution in [0.4, 0.5) is 5.95 Å². The molecule has 0 bridgehead atoms. The second-order valence-electron chi connectivity index (χ2n) is 6.63. The third-order valence-electron chi connectivity index (χ3n) is 4.59. The first-order valence-corrected chi connectivity index (χ1v) is 11.1. The molecule has 3 rings (SSSR count). The molecule has 162 valence electrons. The summed E-state index contributed by atoms with van der Waals surface area (Å²) in [4.78, 5) is 24.7. The summed E-state index contributed by atoms with van der Waals surface area (Å²) in [5.74, 6) is 1.29. The largest absolute Gasteiger partial charge is 0.497 e. The first-order chi connectivity index (χ1) is 15.0. The first kappa shape index (κ1) is 22.8. The minimum absolute atomic E-state index is 0.0591. The van der Waals surface area contributed by atoms with E-state index in [0.717, 1.165) is 5.56 Å². The average molecular weight is 459 g/mol. The minimum Gasteiger partial charge on any atom is -0.497 e. The number of ether oxygens (including phenoxy) is 1. The average Bonchev–Trinajstić information content (AvgIpc) is 3.18. The number of hydrogen-bond donors (Lipinski definition) is 1. The highest BCUT2D eigenvalue weighted by Crippen LogP contribution is 2.27. The van der Waals surface area contributed by atoms with Crippen molar-refractivity contribution in [1.82, 2.24) is 14.8 Å². The molecule has 0 aliphatic carbocycles. The molecule has 0 radical (unpaired) electrons. The normalized spacial score (nSPS) is 10.7. The summed E-state index contributed by atoms with van der Waals surface area (Å²) in [6.07, 6.45) is 0.163. The van der Waals surface area contributed by atoms with Crippen LogP contribution in [0.5, 0.6) is 5.75 Å². The van der Waals surface area contributed by atoms with Crippen LogP contribution in [-0.2, 0) is 17.1 Å². The molecule has 1 aromatic heterocycles. The number of amides is 1. The molecule has 0 spiro atoms. The van der Waals surface area contributed by atoms with Crippen LogP contribution in [0.1, 0.15) is 35.7 Å². The topological polar surface area (TPSA) is 86.1 Å². The molecule has 0 atom stereocenters. The maximum Gasteiger partial charge on any atom is 0.231 e. The lowest BCUT2D eigenvalue weighted by atomic mass is 10.1. The summed E-state index contributed by atoms with van der Waals surface area (Å²) in [6, 6.07) is 14.5. The quantitative estimate of drug-likeness (QED) is 0.345. The van der Waals surface area contributed by atoms with E-state index >= 15 is 0 Å². The number of aromatic nitrogens is 3. The van der Waals surface area contributed by atoms with Gasteiger partial charge >= 0.3 is 0 Å². The second-order valence-corrected chi connectivity index (χ2v) is 7.98. The summed E-state index contributed by atoms with van der Waals surface area (Å²) in [7, 11) is 1.57. The van der Waals surface area contributed by atoms with Crippen LogP contribution >= 0.6 is 23.4 Å². The highest BCUT2D eigenvalue weighted by molar-refractivity contribution is 7.98. The Morgan fingerprint density at radius 2 is 1.84 bits per heavy atom. The van der Waals surface area contributed by atoms with Crippen LogP contribution in [0.2, 0.25) is 5.02 Å². The molecular weight excluding hydrogens is 436 g/mol. The molecule has 0 unspecified atom stereocenters. The van der Waals surface area contributed by atoms with E-state index in [2.05, 4.69) is 15.5 Å². The van der Waals surface area contributed by atoms with E-state index < -0.39 is 0 Å². The maximum absolute atomic E-state index is 12.4. The predicted molar refractivity (Wildman–Crippen MR) is 122 cm³/mol. The Morgan fingerprint density at radius 1 is 1.10 bits per heavy atom. The number of anilines is 1. The SMILES string of the molecule is CCn1c(NC(=O)CCC(=O)c2ccc(OC)cc2)nnc1SCc1ccccc1Cl. The molecule has 0 saturated carbocycles. The van der Waals surface area contributed by atoms with Gasteiger partial charge < -0.3 is 4.74 Å². The Hall–Kier alpha value is -2.84. The molecule has 1 N–H and O–H groups in total. The van der Waals surface area contributed by atoms with E-state index in [1.807, 2.05) is 35.8 Å². The van der Waals surface area contributed by atoms with E-state index in [-0.39, 0.29) is 24.5 Å². The van der Waals surface area contributed by atoms with Crippen molar-refractivity contribution in [2.45, 2.75) is 37.2 Å². The zero-order valence-corrected chi connectivity index (χ0v) is 18.9. The van der Waals surface area contributed by atoms with Gasteiger partial charge in [0.25, 0.3) is 0 Å². The van der Waals surface area contributed by atoms with Crippen LogP contribution in [0.25, 0.3) is 0 Å². The maximum atomic E-state index is 12.4. The van der Waals surface area contributed by atoms with Gasteiger partial charge in [0, 0.05) is 35.7 Å². The lowest BCUT2D eigenvalue weighted by Crippen LogP contribution is -2.17. The Kier molecular flexibility index (Phi) is 8.08. The molecule has 0 saturated heterocycles. The smallest absolute Gasteiger partial charge is 0.231 e. The number of halogens is 1. The summed E-state index contributed by atoms with van der Waals surface area (Å²) >= 11 is 7.71. The molecule has 2 aromatic carbocycles. The van der Waals surface area contributed by atoms with Crippen molar-refractivity contribution in [2.24, 2.45) is 0 Å². The number of methoxy groups -OCH3 is 1. The third-order valence-corrected chi connectivity index (χ3v) is 5.97. The van der Waals surface area contributed by atoms with Crippen LogP contribution < -0.4 is 10.1 Å². The number of carbonyl (C=O) groups excluding carboxylic acids is 2. The number of rotatable bonds is 10. The predicted octanol–water partition coefficient (Wildman–Crippen LogP) is 4.85. The summed E-state index contributed by atoms with van der Waals surface area (Å²) in [5, 5.41) is 12.4. The van der Waals surface area contributed by atoms with Crippen molar-refractivity contribution < 1.29 is 14.3 Å². The lowest BCUT2D eigenvalue weighted by molar-refractivity contribution is -0.116. The van der Waals surface area contributed by atoms with Crippen LogP contribution in [0.15, 0.2) is 53.7 Å². The van der Waals surface area contributed by atoms with E-state index in [1.54, 1.807) is 31.4 Å². The van der Waals surface area contributed by atoms with Crippen molar-refractivity contribution in [2.75, 3.05) is 12.4 Å². The van der Waals surface area contributed by atoms with Gasteiger partial charge in [-0.3, -0.25) is 19.5 Å². The summed E-state index contributed by atoms with van der Waals surface area (Å²) in [6.45, 7) is 2.55. The number of hydrogen-bond acceptors (Lipinski definition) is 6. The van der Waals surface area contributed by atoms with Gasteiger partial charge in [0.05, 0.1) is 7.11 Å². The van der Waals surface area contributed by atoms with Crippen molar-refractivity contribution >= 4 is 41.0 Å². The fraction of sp³-hybridized carbons (Fsp3) is 0.273. The fourth-order valence-electron chi connectivity index (χ4n) is 2.87. The number of benzene rings is 2. The van der Waals surface area contributed by atoms with Gasteiger partial charge in [0.2, 0.25) is 11.9 Å². The molecular formula is C22H23ClN4O3S. The van der Waals surface area contributed by atoms with Crippen molar-refractivity contribution in [3.63, 3.8) is 0 Å². The van der Waals surface area contributed by atoms with Crippen molar-refractivity contribution in [3.05, 3.63) is 64.7 Å². The standard InChI is InChI=1S/C22H23ClN4O3S/c1-3-27-21(25-26-22(27)31-14-16-6-4-5-7-18(16)23)24-20(29)13-12-19(28)15-8-10-17(30-2)11-9-15/h4-11H,3,12-14H2,1-2H3,(H,24,25,29). The van der Waals surface area contributed by atoms with Crippen LogP contribution in [0.3, 0.4) is 0 Å². The third kappa shape index (κ3) is 6.08. The number of carbonyl (C=O) groups is 2. The molecule has 9 heteroatoms. The van der Waals surface area contributed by atoms with E-state index in [9.17, 15) is 9.59 Å². The van der Waals surface area contributed by atoms with Gasteiger partial charge in [-0.25, -0.2) is 0 Å². The Bertz CT molecular complexity index is 1050. The van der Waals surface area contributed by atoms with Crippen molar-refractivity contribution in [3.8, 4) is 5.75 Å². The molecule has 7 nitrogen and oxygen atoms in total. The Balaban J connectivity index is 1.55. The zero-order chi connectivity index (χ0) is 22.2. The van der Waals surface area contributed by atoms with E-state index in [4.69, 9.17) is 16.3 Å². The number of nitrogens with one attached hydrogen (secondary N) is 1. The molecule has 1 amide bonds. The van der Waals surface area contributed by atoms with E-state index in [0.29, 0.717) is 39.7 Å². The lowest BCUT2D eigenvalue weighted by Gasteiger charge is -2.09. The molecule has 1 heterocycles. The second kappa shape index (κ2) is 11.0. The Morgan fingerprint density at radius 3 is 2.52 bits per heavy atom. The van der Waals surface area contributed by atoms with E-state index in [1.165, 1.54) is 11.8 Å². The van der Waals surface area contributed by atoms with Crippen LogP contribution in [0, 0.1) is 0 Å². The van der Waals surface area contributed by atoms with Gasteiger partial charge in [-0.15, -0.1) is 10.2 Å². The van der Waals surface area contributed by atoms with Gasteiger partial charge in [-0.2, -0.15) is 0 Å². The van der Waals surface area contributed by atoms with Gasteiger partial charge in [-0.05, 0) is 42.8 Å². The zero-order valence-electron chi connectivity index (χ0n) is 17.3. The van der Waals surface area contributed by atoms with Gasteiger partial charge in [0.1, 0.15) is 5.75 Å².